The first kappa shape index (κ1) is 16.3. The van der Waals surface area contributed by atoms with Crippen molar-refractivity contribution < 1.29 is 18.0 Å². The molecule has 3 nitrogen and oxygen atoms in total. The third-order valence-electron chi connectivity index (χ3n) is 2.83. The van der Waals surface area contributed by atoms with Gasteiger partial charge in [-0.1, -0.05) is 18.6 Å². The summed E-state index contributed by atoms with van der Waals surface area (Å²) < 4.78 is 37.7. The zero-order valence-electron chi connectivity index (χ0n) is 11.8. The molecule has 0 radical (unpaired) electrons. The average molecular weight is 288 g/mol. The molecule has 0 fully saturated rings. The molecule has 1 aromatic carbocycles. The number of amides is 1. The normalized spacial score (nSPS) is 11.3. The fraction of sp³-hybridized carbons (Fsp3) is 0.500. The number of halogens is 3. The molecular formula is C14H19F3N2O. The van der Waals surface area contributed by atoms with E-state index in [9.17, 15) is 18.0 Å². The van der Waals surface area contributed by atoms with Gasteiger partial charge >= 0.3 is 6.18 Å². The van der Waals surface area contributed by atoms with E-state index in [0.717, 1.165) is 10.5 Å². The van der Waals surface area contributed by atoms with Gasteiger partial charge in [0.25, 0.3) is 5.91 Å². The standard InChI is InChI=1S/C14H19F3N2O/c1-4-7-19(9-14(15,16)17)13(20)11-8-10(2)5-6-12(11)18-3/h5-6,8,18H,4,7,9H2,1-3H3. The molecule has 0 atom stereocenters. The molecule has 1 amide bonds. The molecule has 0 bridgehead atoms. The van der Waals surface area contributed by atoms with Gasteiger partial charge in [-0.25, -0.2) is 0 Å². The molecule has 0 unspecified atom stereocenters. The quantitative estimate of drug-likeness (QED) is 0.900. The third-order valence-corrected chi connectivity index (χ3v) is 2.83. The lowest BCUT2D eigenvalue weighted by molar-refractivity contribution is -0.140. The van der Waals surface area contributed by atoms with E-state index in [1.165, 1.54) is 0 Å². The van der Waals surface area contributed by atoms with Crippen LogP contribution in [-0.2, 0) is 0 Å². The minimum atomic E-state index is -4.39. The van der Waals surface area contributed by atoms with Gasteiger partial charge in [-0.2, -0.15) is 13.2 Å². The Hall–Kier alpha value is -1.72. The maximum absolute atomic E-state index is 12.6. The summed E-state index contributed by atoms with van der Waals surface area (Å²) >= 11 is 0. The number of aryl methyl sites for hydroxylation is 1. The summed E-state index contributed by atoms with van der Waals surface area (Å²) in [6.07, 6.45) is -3.92. The first-order chi connectivity index (χ1) is 9.28. The van der Waals surface area contributed by atoms with Crippen molar-refractivity contribution in [3.63, 3.8) is 0 Å². The molecule has 1 rings (SSSR count). The van der Waals surface area contributed by atoms with Crippen molar-refractivity contribution >= 4 is 11.6 Å². The highest BCUT2D eigenvalue weighted by Gasteiger charge is 2.33. The van der Waals surface area contributed by atoms with E-state index in [4.69, 9.17) is 0 Å². The van der Waals surface area contributed by atoms with Gasteiger partial charge in [0.1, 0.15) is 6.54 Å². The summed E-state index contributed by atoms with van der Waals surface area (Å²) in [5.41, 5.74) is 1.63. The Bertz CT molecular complexity index is 472. The van der Waals surface area contributed by atoms with E-state index in [1.54, 1.807) is 39.1 Å². The van der Waals surface area contributed by atoms with Crippen LogP contribution in [0.4, 0.5) is 18.9 Å². The molecule has 0 aliphatic rings. The molecule has 0 saturated heterocycles. The first-order valence-corrected chi connectivity index (χ1v) is 6.43. The van der Waals surface area contributed by atoms with Gasteiger partial charge in [0.2, 0.25) is 0 Å². The molecular weight excluding hydrogens is 269 g/mol. The highest BCUT2D eigenvalue weighted by Crippen LogP contribution is 2.22. The molecule has 0 spiro atoms. The Labute approximate surface area is 116 Å². The Kier molecular flexibility index (Phi) is 5.42. The molecule has 112 valence electrons. The number of nitrogens with one attached hydrogen (secondary N) is 1. The number of benzene rings is 1. The maximum Gasteiger partial charge on any atom is 0.406 e. The van der Waals surface area contributed by atoms with Gasteiger partial charge in [0, 0.05) is 19.3 Å². The van der Waals surface area contributed by atoms with E-state index in [0.29, 0.717) is 12.1 Å². The van der Waals surface area contributed by atoms with Crippen molar-refractivity contribution in [1.29, 1.82) is 0 Å². The number of carbonyl (C=O) groups excluding carboxylic acids is 1. The maximum atomic E-state index is 12.6. The Balaban J connectivity index is 3.08. The van der Waals surface area contributed by atoms with Crippen molar-refractivity contribution in [3.8, 4) is 0 Å². The number of rotatable bonds is 5. The average Bonchev–Trinajstić information content (AvgIpc) is 2.36. The van der Waals surface area contributed by atoms with E-state index in [1.807, 2.05) is 0 Å². The van der Waals surface area contributed by atoms with Crippen LogP contribution in [0.3, 0.4) is 0 Å². The summed E-state index contributed by atoms with van der Waals surface area (Å²) in [4.78, 5) is 13.2. The van der Waals surface area contributed by atoms with Crippen LogP contribution in [0.15, 0.2) is 18.2 Å². The lowest BCUT2D eigenvalue weighted by Crippen LogP contribution is -2.39. The summed E-state index contributed by atoms with van der Waals surface area (Å²) in [5, 5.41) is 2.83. The topological polar surface area (TPSA) is 32.3 Å². The van der Waals surface area contributed by atoms with Crippen LogP contribution >= 0.6 is 0 Å². The molecule has 0 aliphatic carbocycles. The summed E-state index contributed by atoms with van der Waals surface area (Å²) in [7, 11) is 1.63. The number of alkyl halides is 3. The monoisotopic (exact) mass is 288 g/mol. The van der Waals surface area contributed by atoms with Crippen LogP contribution in [-0.4, -0.2) is 37.1 Å². The van der Waals surface area contributed by atoms with Crippen LogP contribution < -0.4 is 5.32 Å². The van der Waals surface area contributed by atoms with Crippen molar-refractivity contribution in [2.24, 2.45) is 0 Å². The van der Waals surface area contributed by atoms with Crippen LogP contribution in [0, 0.1) is 6.92 Å². The van der Waals surface area contributed by atoms with E-state index in [-0.39, 0.29) is 12.1 Å². The van der Waals surface area contributed by atoms with Gasteiger partial charge in [-0.3, -0.25) is 4.79 Å². The molecule has 1 aromatic rings. The predicted octanol–water partition coefficient (Wildman–Crippen LogP) is 3.45. The summed E-state index contributed by atoms with van der Waals surface area (Å²) in [6, 6.07) is 5.10. The lowest BCUT2D eigenvalue weighted by atomic mass is 10.1. The first-order valence-electron chi connectivity index (χ1n) is 6.43. The molecule has 1 N–H and O–H groups in total. The second-order valence-electron chi connectivity index (χ2n) is 4.64. The van der Waals surface area contributed by atoms with Gasteiger partial charge in [0.05, 0.1) is 5.56 Å². The minimum absolute atomic E-state index is 0.0788. The van der Waals surface area contributed by atoms with E-state index < -0.39 is 18.6 Å². The van der Waals surface area contributed by atoms with Crippen LogP contribution in [0.5, 0.6) is 0 Å². The van der Waals surface area contributed by atoms with E-state index in [2.05, 4.69) is 5.32 Å². The number of carbonyl (C=O) groups is 1. The van der Waals surface area contributed by atoms with Crippen LogP contribution in [0.1, 0.15) is 29.3 Å². The van der Waals surface area contributed by atoms with Crippen molar-refractivity contribution in [2.75, 3.05) is 25.5 Å². The van der Waals surface area contributed by atoms with Gasteiger partial charge in [0.15, 0.2) is 0 Å². The van der Waals surface area contributed by atoms with Crippen molar-refractivity contribution in [3.05, 3.63) is 29.3 Å². The van der Waals surface area contributed by atoms with Gasteiger partial charge in [-0.05, 0) is 25.5 Å². The zero-order valence-corrected chi connectivity index (χ0v) is 11.8. The second kappa shape index (κ2) is 6.63. The second-order valence-corrected chi connectivity index (χ2v) is 4.64. The Morgan fingerprint density at radius 2 is 2.00 bits per heavy atom. The summed E-state index contributed by atoms with van der Waals surface area (Å²) in [6.45, 7) is 2.39. The fourth-order valence-corrected chi connectivity index (χ4v) is 1.96. The van der Waals surface area contributed by atoms with Gasteiger partial charge in [-0.15, -0.1) is 0 Å². The molecule has 0 heterocycles. The SMILES string of the molecule is CCCN(CC(F)(F)F)C(=O)c1cc(C)ccc1NC. The van der Waals surface area contributed by atoms with Crippen LogP contribution in [0.25, 0.3) is 0 Å². The predicted molar refractivity (Wildman–Crippen MR) is 73.0 cm³/mol. The largest absolute Gasteiger partial charge is 0.406 e. The molecule has 0 aromatic heterocycles. The van der Waals surface area contributed by atoms with Gasteiger partial charge < -0.3 is 10.2 Å². The fourth-order valence-electron chi connectivity index (χ4n) is 1.96. The highest BCUT2D eigenvalue weighted by atomic mass is 19.4. The Morgan fingerprint density at radius 3 is 2.50 bits per heavy atom. The smallest absolute Gasteiger partial charge is 0.387 e. The number of hydrogen-bond donors (Lipinski definition) is 1. The number of nitrogens with zero attached hydrogens (tertiary/aromatic N) is 1. The molecule has 6 heteroatoms. The lowest BCUT2D eigenvalue weighted by Gasteiger charge is -2.24. The van der Waals surface area contributed by atoms with E-state index >= 15 is 0 Å². The van der Waals surface area contributed by atoms with Crippen molar-refractivity contribution in [2.45, 2.75) is 26.4 Å². The van der Waals surface area contributed by atoms with Crippen LogP contribution in [0.2, 0.25) is 0 Å². The molecule has 0 saturated carbocycles. The third kappa shape index (κ3) is 4.43. The highest BCUT2D eigenvalue weighted by molar-refractivity contribution is 5.99. The molecule has 20 heavy (non-hydrogen) atoms. The zero-order chi connectivity index (χ0) is 15.3. The summed E-state index contributed by atoms with van der Waals surface area (Å²) in [5.74, 6) is -0.600. The van der Waals surface area contributed by atoms with Crippen molar-refractivity contribution in [1.82, 2.24) is 4.90 Å². The number of hydrogen-bond acceptors (Lipinski definition) is 2. The molecule has 0 aliphatic heterocycles. The number of anilines is 1. The minimum Gasteiger partial charge on any atom is -0.387 e. The Morgan fingerprint density at radius 1 is 1.35 bits per heavy atom.